The summed E-state index contributed by atoms with van der Waals surface area (Å²) < 4.78 is 0. The van der Waals surface area contributed by atoms with E-state index in [1.54, 1.807) is 0 Å². The van der Waals surface area contributed by atoms with Gasteiger partial charge in [0.15, 0.2) is 0 Å². The quantitative estimate of drug-likeness (QED) is 0.741. The predicted octanol–water partition coefficient (Wildman–Crippen LogP) is 3.14. The van der Waals surface area contributed by atoms with Crippen LogP contribution in [0.4, 0.5) is 0 Å². The van der Waals surface area contributed by atoms with Crippen LogP contribution < -0.4 is 10.6 Å². The minimum absolute atomic E-state index is 0.0340. The third kappa shape index (κ3) is 7.62. The van der Waals surface area contributed by atoms with Crippen molar-refractivity contribution in [2.75, 3.05) is 13.1 Å². The molecule has 0 aromatic rings. The molecule has 0 saturated carbocycles. The van der Waals surface area contributed by atoms with Gasteiger partial charge in [0.2, 0.25) is 11.8 Å². The molecule has 4 nitrogen and oxygen atoms in total. The third-order valence-corrected chi connectivity index (χ3v) is 4.34. The first kappa shape index (κ1) is 20.7. The molecule has 0 aliphatic heterocycles. The van der Waals surface area contributed by atoms with Crippen LogP contribution in [0.5, 0.6) is 0 Å². The zero-order valence-corrected chi connectivity index (χ0v) is 15.5. The molecule has 0 radical (unpaired) electrons. The summed E-state index contributed by atoms with van der Waals surface area (Å²) in [4.78, 5) is 23.8. The number of hydrogen-bond acceptors (Lipinski definition) is 2. The maximum Gasteiger partial charge on any atom is 0.223 e. The molecular weight excluding hydrogens is 276 g/mol. The summed E-state index contributed by atoms with van der Waals surface area (Å²) in [5.74, 6) is 0.0477. The Kier molecular flexibility index (Phi) is 7.85. The molecule has 2 amide bonds. The SMILES string of the molecule is CC(C(=O)NCC=CCNC(=O)C(C)C(C)(C)C)C(C)(C)C. The van der Waals surface area contributed by atoms with Crippen LogP contribution in [0.3, 0.4) is 0 Å². The lowest BCUT2D eigenvalue weighted by Crippen LogP contribution is -2.37. The molecule has 2 unspecified atom stereocenters. The van der Waals surface area contributed by atoms with Gasteiger partial charge in [-0.15, -0.1) is 0 Å². The molecule has 0 rings (SSSR count). The van der Waals surface area contributed by atoms with E-state index in [9.17, 15) is 9.59 Å². The van der Waals surface area contributed by atoms with Gasteiger partial charge in [-0.05, 0) is 10.8 Å². The number of carbonyl (C=O) groups excluding carboxylic acids is 2. The van der Waals surface area contributed by atoms with Gasteiger partial charge in [-0.1, -0.05) is 67.5 Å². The molecule has 4 heteroatoms. The maximum atomic E-state index is 11.9. The minimum atomic E-state index is -0.0368. The predicted molar refractivity (Wildman–Crippen MR) is 92.4 cm³/mol. The van der Waals surface area contributed by atoms with E-state index in [0.29, 0.717) is 13.1 Å². The highest BCUT2D eigenvalue weighted by Crippen LogP contribution is 2.25. The lowest BCUT2D eigenvalue weighted by Gasteiger charge is -2.26. The van der Waals surface area contributed by atoms with E-state index in [1.165, 1.54) is 0 Å². The molecule has 0 spiro atoms. The topological polar surface area (TPSA) is 58.2 Å². The van der Waals surface area contributed by atoms with Crippen LogP contribution in [-0.2, 0) is 9.59 Å². The monoisotopic (exact) mass is 310 g/mol. The molecule has 0 bridgehead atoms. The van der Waals surface area contributed by atoms with Gasteiger partial charge in [0, 0.05) is 24.9 Å². The van der Waals surface area contributed by atoms with Gasteiger partial charge < -0.3 is 10.6 Å². The van der Waals surface area contributed by atoms with Crippen LogP contribution in [0.25, 0.3) is 0 Å². The van der Waals surface area contributed by atoms with Crippen molar-refractivity contribution in [1.29, 1.82) is 0 Å². The van der Waals surface area contributed by atoms with Gasteiger partial charge in [0.25, 0.3) is 0 Å². The molecule has 0 heterocycles. The maximum absolute atomic E-state index is 11.9. The van der Waals surface area contributed by atoms with Crippen molar-refractivity contribution in [1.82, 2.24) is 10.6 Å². The molecule has 22 heavy (non-hydrogen) atoms. The van der Waals surface area contributed by atoms with Crippen molar-refractivity contribution in [2.24, 2.45) is 22.7 Å². The highest BCUT2D eigenvalue weighted by molar-refractivity contribution is 5.79. The highest BCUT2D eigenvalue weighted by atomic mass is 16.2. The fourth-order valence-electron chi connectivity index (χ4n) is 1.58. The molecule has 0 fully saturated rings. The lowest BCUT2D eigenvalue weighted by atomic mass is 9.81. The van der Waals surface area contributed by atoms with Crippen LogP contribution in [0.1, 0.15) is 55.4 Å². The number of hydrogen-bond donors (Lipinski definition) is 2. The first-order chi connectivity index (χ1) is 9.87. The fraction of sp³-hybridized carbons (Fsp3) is 0.778. The number of amides is 2. The van der Waals surface area contributed by atoms with E-state index in [2.05, 4.69) is 52.2 Å². The number of carbonyl (C=O) groups is 2. The van der Waals surface area contributed by atoms with E-state index in [-0.39, 0.29) is 34.5 Å². The van der Waals surface area contributed by atoms with Gasteiger partial charge in [-0.3, -0.25) is 9.59 Å². The van der Waals surface area contributed by atoms with Crippen molar-refractivity contribution < 1.29 is 9.59 Å². The van der Waals surface area contributed by atoms with E-state index in [1.807, 2.05) is 26.0 Å². The van der Waals surface area contributed by atoms with Gasteiger partial charge in [-0.2, -0.15) is 0 Å². The smallest absolute Gasteiger partial charge is 0.223 e. The molecule has 2 atom stereocenters. The zero-order valence-electron chi connectivity index (χ0n) is 15.5. The molecule has 0 aromatic heterocycles. The number of rotatable bonds is 6. The Bertz CT molecular complexity index is 362. The van der Waals surface area contributed by atoms with Crippen molar-refractivity contribution in [3.63, 3.8) is 0 Å². The Morgan fingerprint density at radius 1 is 0.773 bits per heavy atom. The Morgan fingerprint density at radius 3 is 1.27 bits per heavy atom. The van der Waals surface area contributed by atoms with E-state index in [4.69, 9.17) is 0 Å². The highest BCUT2D eigenvalue weighted by Gasteiger charge is 2.26. The Balaban J connectivity index is 4.04. The average molecular weight is 310 g/mol. The molecule has 128 valence electrons. The van der Waals surface area contributed by atoms with Crippen LogP contribution in [0, 0.1) is 22.7 Å². The largest absolute Gasteiger partial charge is 0.352 e. The van der Waals surface area contributed by atoms with E-state index < -0.39 is 0 Å². The summed E-state index contributed by atoms with van der Waals surface area (Å²) in [6.45, 7) is 17.2. The third-order valence-electron chi connectivity index (χ3n) is 4.34. The summed E-state index contributed by atoms with van der Waals surface area (Å²) in [6, 6.07) is 0. The van der Waals surface area contributed by atoms with E-state index >= 15 is 0 Å². The van der Waals surface area contributed by atoms with Gasteiger partial charge >= 0.3 is 0 Å². The second kappa shape index (κ2) is 8.35. The zero-order chi connectivity index (χ0) is 17.6. The Labute approximate surface area is 136 Å². The summed E-state index contributed by atoms with van der Waals surface area (Å²) in [7, 11) is 0. The van der Waals surface area contributed by atoms with Crippen LogP contribution >= 0.6 is 0 Å². The Morgan fingerprint density at radius 2 is 1.05 bits per heavy atom. The lowest BCUT2D eigenvalue weighted by molar-refractivity contribution is -0.128. The van der Waals surface area contributed by atoms with Gasteiger partial charge in [-0.25, -0.2) is 0 Å². The van der Waals surface area contributed by atoms with Crippen LogP contribution in [-0.4, -0.2) is 24.9 Å². The molecule has 0 aliphatic carbocycles. The van der Waals surface area contributed by atoms with Crippen LogP contribution in [0.15, 0.2) is 12.2 Å². The Hall–Kier alpha value is -1.32. The van der Waals surface area contributed by atoms with Gasteiger partial charge in [0.1, 0.15) is 0 Å². The molecule has 0 aromatic carbocycles. The molecule has 2 N–H and O–H groups in total. The van der Waals surface area contributed by atoms with Crippen molar-refractivity contribution in [2.45, 2.75) is 55.4 Å². The normalized spacial score (nSPS) is 15.5. The van der Waals surface area contributed by atoms with Crippen molar-refractivity contribution in [3.05, 3.63) is 12.2 Å². The second-order valence-corrected chi connectivity index (χ2v) is 8.14. The van der Waals surface area contributed by atoms with Crippen molar-refractivity contribution in [3.8, 4) is 0 Å². The summed E-state index contributed by atoms with van der Waals surface area (Å²) in [6.07, 6.45) is 3.74. The first-order valence-corrected chi connectivity index (χ1v) is 8.07. The van der Waals surface area contributed by atoms with Crippen molar-refractivity contribution >= 4 is 11.8 Å². The fourth-order valence-corrected chi connectivity index (χ4v) is 1.58. The summed E-state index contributed by atoms with van der Waals surface area (Å²) in [5.41, 5.74) is -0.0737. The molecule has 0 aliphatic rings. The first-order valence-electron chi connectivity index (χ1n) is 8.07. The summed E-state index contributed by atoms with van der Waals surface area (Å²) in [5, 5.41) is 5.77. The minimum Gasteiger partial charge on any atom is -0.352 e. The second-order valence-electron chi connectivity index (χ2n) is 8.14. The molecular formula is C18H34N2O2. The summed E-state index contributed by atoms with van der Waals surface area (Å²) >= 11 is 0. The molecule has 0 saturated heterocycles. The van der Waals surface area contributed by atoms with Crippen LogP contribution in [0.2, 0.25) is 0 Å². The van der Waals surface area contributed by atoms with Gasteiger partial charge in [0.05, 0.1) is 0 Å². The average Bonchev–Trinajstić information content (AvgIpc) is 2.38. The standard InChI is InChI=1S/C18H34N2O2/c1-13(17(3,4)5)15(21)19-11-9-10-12-20-16(22)14(2)18(6,7)8/h9-10,13-14H,11-12H2,1-8H3,(H,19,21)(H,20,22). The van der Waals surface area contributed by atoms with E-state index in [0.717, 1.165) is 0 Å². The number of nitrogens with one attached hydrogen (secondary N) is 2.